The van der Waals surface area contributed by atoms with Gasteiger partial charge in [0.1, 0.15) is 11.8 Å². The molecule has 1 aliphatic carbocycles. The maximum absolute atomic E-state index is 13.2. The summed E-state index contributed by atoms with van der Waals surface area (Å²) in [4.78, 5) is 28.5. The standard InChI is InChI=1S/C25H39N3O4/c1-4-32-21-10-8-20(9-11-21)23(29)27-22(19(2)3)24(30)26-18-25(12-6-5-7-13-25)28-14-16-31-17-15-28/h8-11,19,22H,4-7,12-18H2,1-3H3,(H,26,30)(H,27,29). The molecule has 2 amide bonds. The van der Waals surface area contributed by atoms with Crippen LogP contribution in [0.15, 0.2) is 24.3 Å². The molecule has 0 aromatic heterocycles. The molecular formula is C25H39N3O4. The van der Waals surface area contributed by atoms with Crippen molar-refractivity contribution in [2.45, 2.75) is 64.5 Å². The number of ether oxygens (including phenoxy) is 2. The van der Waals surface area contributed by atoms with Crippen molar-refractivity contribution in [3.63, 3.8) is 0 Å². The molecule has 1 saturated carbocycles. The summed E-state index contributed by atoms with van der Waals surface area (Å²) >= 11 is 0. The number of nitrogens with zero attached hydrogens (tertiary/aromatic N) is 1. The molecule has 2 aliphatic rings. The van der Waals surface area contributed by atoms with Gasteiger partial charge >= 0.3 is 0 Å². The summed E-state index contributed by atoms with van der Waals surface area (Å²) in [5, 5.41) is 6.14. The highest BCUT2D eigenvalue weighted by molar-refractivity contribution is 5.97. The van der Waals surface area contributed by atoms with E-state index in [2.05, 4.69) is 15.5 Å². The van der Waals surface area contributed by atoms with Crippen molar-refractivity contribution in [1.29, 1.82) is 0 Å². The second kappa shape index (κ2) is 11.7. The van der Waals surface area contributed by atoms with Crippen molar-refractivity contribution in [3.8, 4) is 5.75 Å². The van der Waals surface area contributed by atoms with Crippen LogP contribution >= 0.6 is 0 Å². The number of morpholine rings is 1. The van der Waals surface area contributed by atoms with Crippen LogP contribution in [0.5, 0.6) is 5.75 Å². The van der Waals surface area contributed by atoms with Crippen molar-refractivity contribution in [3.05, 3.63) is 29.8 Å². The third-order valence-electron chi connectivity index (χ3n) is 6.72. The van der Waals surface area contributed by atoms with Gasteiger partial charge in [0.2, 0.25) is 5.91 Å². The Hall–Kier alpha value is -2.12. The van der Waals surface area contributed by atoms with Crippen LogP contribution in [0.3, 0.4) is 0 Å². The normalized spacial score (nSPS) is 19.9. The first-order chi connectivity index (χ1) is 15.4. The molecule has 32 heavy (non-hydrogen) atoms. The van der Waals surface area contributed by atoms with Gasteiger partial charge in [-0.3, -0.25) is 14.5 Å². The van der Waals surface area contributed by atoms with Gasteiger partial charge in [-0.2, -0.15) is 0 Å². The lowest BCUT2D eigenvalue weighted by Gasteiger charge is -2.48. The minimum atomic E-state index is -0.584. The minimum Gasteiger partial charge on any atom is -0.494 e. The molecule has 1 heterocycles. The Kier molecular flexibility index (Phi) is 8.93. The predicted octanol–water partition coefficient (Wildman–Crippen LogP) is 2.99. The van der Waals surface area contributed by atoms with Gasteiger partial charge < -0.3 is 20.1 Å². The summed E-state index contributed by atoms with van der Waals surface area (Å²) in [7, 11) is 0. The smallest absolute Gasteiger partial charge is 0.251 e. The average Bonchev–Trinajstić information content (AvgIpc) is 2.82. The third-order valence-corrected chi connectivity index (χ3v) is 6.72. The number of nitrogens with one attached hydrogen (secondary N) is 2. The van der Waals surface area contributed by atoms with E-state index in [1.807, 2.05) is 20.8 Å². The number of hydrogen-bond acceptors (Lipinski definition) is 5. The molecule has 1 unspecified atom stereocenters. The van der Waals surface area contributed by atoms with Crippen molar-refractivity contribution >= 4 is 11.8 Å². The molecule has 0 bridgehead atoms. The molecule has 2 N–H and O–H groups in total. The lowest BCUT2D eigenvalue weighted by molar-refractivity contribution is -0.125. The average molecular weight is 446 g/mol. The van der Waals surface area contributed by atoms with Gasteiger partial charge in [0.05, 0.1) is 19.8 Å². The van der Waals surface area contributed by atoms with Gasteiger partial charge in [0, 0.05) is 30.7 Å². The quantitative estimate of drug-likeness (QED) is 0.611. The Labute approximate surface area is 192 Å². The fraction of sp³-hybridized carbons (Fsp3) is 0.680. The van der Waals surface area contributed by atoms with E-state index in [0.29, 0.717) is 18.7 Å². The lowest BCUT2D eigenvalue weighted by atomic mass is 9.79. The molecule has 0 spiro atoms. The number of carbonyl (C=O) groups excluding carboxylic acids is 2. The number of carbonyl (C=O) groups is 2. The zero-order valence-electron chi connectivity index (χ0n) is 19.8. The van der Waals surface area contributed by atoms with Crippen LogP contribution < -0.4 is 15.4 Å². The van der Waals surface area contributed by atoms with Gasteiger partial charge in [-0.25, -0.2) is 0 Å². The predicted molar refractivity (Wildman–Crippen MR) is 125 cm³/mol. The van der Waals surface area contributed by atoms with Crippen LogP contribution in [0.25, 0.3) is 0 Å². The van der Waals surface area contributed by atoms with E-state index < -0.39 is 6.04 Å². The fourth-order valence-electron chi connectivity index (χ4n) is 4.84. The van der Waals surface area contributed by atoms with E-state index in [1.54, 1.807) is 24.3 Å². The molecule has 2 fully saturated rings. The first kappa shape index (κ1) is 24.5. The monoisotopic (exact) mass is 445 g/mol. The van der Waals surface area contributed by atoms with E-state index in [0.717, 1.165) is 44.9 Å². The summed E-state index contributed by atoms with van der Waals surface area (Å²) in [6.45, 7) is 10.4. The zero-order chi connectivity index (χ0) is 23.0. The van der Waals surface area contributed by atoms with E-state index in [1.165, 1.54) is 19.3 Å². The molecule has 3 rings (SSSR count). The molecule has 1 saturated heterocycles. The SMILES string of the molecule is CCOc1ccc(C(=O)NC(C(=O)NCC2(N3CCOCC3)CCCCC2)C(C)C)cc1. The van der Waals surface area contributed by atoms with Crippen molar-refractivity contribution in [1.82, 2.24) is 15.5 Å². The van der Waals surface area contributed by atoms with Gasteiger partial charge in [-0.1, -0.05) is 33.1 Å². The van der Waals surface area contributed by atoms with Gasteiger partial charge in [0.15, 0.2) is 0 Å². The number of amides is 2. The summed E-state index contributed by atoms with van der Waals surface area (Å²) in [5.41, 5.74) is 0.516. The summed E-state index contributed by atoms with van der Waals surface area (Å²) < 4.78 is 11.0. The molecule has 7 nitrogen and oxygen atoms in total. The first-order valence-electron chi connectivity index (χ1n) is 12.1. The maximum atomic E-state index is 13.2. The Morgan fingerprint density at radius 1 is 1.09 bits per heavy atom. The second-order valence-corrected chi connectivity index (χ2v) is 9.25. The molecule has 0 radical (unpaired) electrons. The molecule has 7 heteroatoms. The van der Waals surface area contributed by atoms with E-state index in [-0.39, 0.29) is 23.3 Å². The van der Waals surface area contributed by atoms with Crippen LogP contribution in [0.1, 0.15) is 63.2 Å². The van der Waals surface area contributed by atoms with E-state index in [4.69, 9.17) is 9.47 Å². The van der Waals surface area contributed by atoms with Gasteiger partial charge in [0.25, 0.3) is 5.91 Å². The van der Waals surface area contributed by atoms with Gasteiger partial charge in [-0.05, 0) is 49.9 Å². The van der Waals surface area contributed by atoms with Crippen LogP contribution in [0, 0.1) is 5.92 Å². The first-order valence-corrected chi connectivity index (χ1v) is 12.1. The highest BCUT2D eigenvalue weighted by Gasteiger charge is 2.39. The third kappa shape index (κ3) is 6.23. The summed E-state index contributed by atoms with van der Waals surface area (Å²) in [6, 6.07) is 6.42. The molecule has 178 valence electrons. The topological polar surface area (TPSA) is 79.9 Å². The van der Waals surface area contributed by atoms with E-state index in [9.17, 15) is 9.59 Å². The fourth-order valence-corrected chi connectivity index (χ4v) is 4.84. The zero-order valence-corrected chi connectivity index (χ0v) is 19.8. The van der Waals surface area contributed by atoms with Crippen LogP contribution in [0.2, 0.25) is 0 Å². The van der Waals surface area contributed by atoms with Crippen LogP contribution in [-0.4, -0.2) is 67.7 Å². The number of benzene rings is 1. The van der Waals surface area contributed by atoms with Crippen LogP contribution in [-0.2, 0) is 9.53 Å². The van der Waals surface area contributed by atoms with Crippen molar-refractivity contribution in [2.75, 3.05) is 39.5 Å². The van der Waals surface area contributed by atoms with Crippen molar-refractivity contribution in [2.24, 2.45) is 5.92 Å². The summed E-state index contributed by atoms with van der Waals surface area (Å²) in [6.07, 6.45) is 5.83. The molecule has 1 aliphatic heterocycles. The highest BCUT2D eigenvalue weighted by atomic mass is 16.5. The lowest BCUT2D eigenvalue weighted by Crippen LogP contribution is -2.61. The highest BCUT2D eigenvalue weighted by Crippen LogP contribution is 2.34. The van der Waals surface area contributed by atoms with Crippen LogP contribution in [0.4, 0.5) is 0 Å². The summed E-state index contributed by atoms with van der Waals surface area (Å²) in [5.74, 6) is 0.343. The van der Waals surface area contributed by atoms with Gasteiger partial charge in [-0.15, -0.1) is 0 Å². The Morgan fingerprint density at radius 2 is 1.75 bits per heavy atom. The van der Waals surface area contributed by atoms with E-state index >= 15 is 0 Å². The Balaban J connectivity index is 1.62. The minimum absolute atomic E-state index is 0.00165. The Bertz CT molecular complexity index is 738. The maximum Gasteiger partial charge on any atom is 0.251 e. The van der Waals surface area contributed by atoms with Crippen molar-refractivity contribution < 1.29 is 19.1 Å². The number of rotatable bonds is 9. The molecule has 1 aromatic rings. The molecular weight excluding hydrogens is 406 g/mol. The number of hydrogen-bond donors (Lipinski definition) is 2. The molecule has 1 atom stereocenters. The Morgan fingerprint density at radius 3 is 2.34 bits per heavy atom. The second-order valence-electron chi connectivity index (χ2n) is 9.25. The largest absolute Gasteiger partial charge is 0.494 e. The molecule has 1 aromatic carbocycles.